The Morgan fingerprint density at radius 2 is 1.93 bits per heavy atom. The van der Waals surface area contributed by atoms with Crippen LogP contribution in [-0.2, 0) is 16.0 Å². The number of aryl methyl sites for hydroxylation is 3. The van der Waals surface area contributed by atoms with Crippen molar-refractivity contribution in [1.82, 2.24) is 24.6 Å². The highest BCUT2D eigenvalue weighted by atomic mass is 32.2. The fourth-order valence-corrected chi connectivity index (χ4v) is 4.79. The van der Waals surface area contributed by atoms with E-state index in [-0.39, 0.29) is 18.1 Å². The van der Waals surface area contributed by atoms with E-state index in [1.165, 1.54) is 34.9 Å². The Hall–Kier alpha value is -2.18. The Labute approximate surface area is 173 Å². The van der Waals surface area contributed by atoms with Gasteiger partial charge in [0.05, 0.1) is 22.1 Å². The van der Waals surface area contributed by atoms with Gasteiger partial charge in [0.25, 0.3) is 5.78 Å². The average Bonchev–Trinajstić information content (AvgIpc) is 3.19. The van der Waals surface area contributed by atoms with E-state index in [2.05, 4.69) is 25.4 Å². The summed E-state index contributed by atoms with van der Waals surface area (Å²) < 4.78 is 2.52. The molecule has 9 nitrogen and oxygen atoms in total. The molecule has 0 aliphatic rings. The minimum atomic E-state index is -0.394. The monoisotopic (exact) mass is 437 g/mol. The number of nitrogens with two attached hydrogens (primary N) is 1. The van der Waals surface area contributed by atoms with Crippen molar-refractivity contribution in [3.63, 3.8) is 0 Å². The molecule has 3 aromatic rings. The highest BCUT2D eigenvalue weighted by Gasteiger charge is 2.17. The van der Waals surface area contributed by atoms with Gasteiger partial charge in [-0.2, -0.15) is 4.98 Å². The number of aromatic nitrogens is 5. The Morgan fingerprint density at radius 3 is 2.61 bits per heavy atom. The average molecular weight is 438 g/mol. The van der Waals surface area contributed by atoms with Gasteiger partial charge in [0.15, 0.2) is 5.13 Å². The van der Waals surface area contributed by atoms with Gasteiger partial charge in [0, 0.05) is 17.0 Å². The van der Waals surface area contributed by atoms with Crippen molar-refractivity contribution < 1.29 is 9.59 Å². The van der Waals surface area contributed by atoms with Crippen LogP contribution in [0.25, 0.3) is 5.78 Å². The molecule has 0 aliphatic carbocycles. The molecule has 2 amide bonds. The molecule has 0 atom stereocenters. The number of thiazole rings is 1. The molecule has 0 aromatic carbocycles. The lowest BCUT2D eigenvalue weighted by atomic mass is 10.1. The van der Waals surface area contributed by atoms with Crippen molar-refractivity contribution in [2.24, 2.45) is 5.73 Å². The summed E-state index contributed by atoms with van der Waals surface area (Å²) in [4.78, 5) is 36.7. The van der Waals surface area contributed by atoms with Crippen molar-refractivity contribution in [2.45, 2.75) is 36.6 Å². The van der Waals surface area contributed by atoms with Crippen molar-refractivity contribution in [3.8, 4) is 0 Å². The lowest BCUT2D eigenvalue weighted by molar-refractivity contribution is -0.116. The molecule has 3 N–H and O–H groups in total. The molecular formula is C16H19N7O2S3. The van der Waals surface area contributed by atoms with Crippen molar-refractivity contribution in [2.75, 3.05) is 17.3 Å². The van der Waals surface area contributed by atoms with Crippen LogP contribution in [0, 0.1) is 20.8 Å². The van der Waals surface area contributed by atoms with Gasteiger partial charge in [-0.15, -0.1) is 16.9 Å². The summed E-state index contributed by atoms with van der Waals surface area (Å²) in [6.45, 7) is 5.58. The minimum absolute atomic E-state index is 0.150. The fraction of sp³-hybridized carbons (Fsp3) is 0.375. The molecule has 3 heterocycles. The summed E-state index contributed by atoms with van der Waals surface area (Å²) in [5, 5.41) is 8.34. The molecule has 0 spiro atoms. The SMILES string of the molecule is CSc1nc2nc(C)c(CC(=O)Nc3nc(C)c(SCC(N)=O)s3)c(C)n2n1. The summed E-state index contributed by atoms with van der Waals surface area (Å²) >= 11 is 4.08. The number of amides is 2. The lowest BCUT2D eigenvalue weighted by Crippen LogP contribution is -2.17. The van der Waals surface area contributed by atoms with Crippen LogP contribution in [0.2, 0.25) is 0 Å². The van der Waals surface area contributed by atoms with E-state index in [4.69, 9.17) is 5.73 Å². The molecule has 0 bridgehead atoms. The summed E-state index contributed by atoms with van der Waals surface area (Å²) in [6, 6.07) is 0. The van der Waals surface area contributed by atoms with Gasteiger partial charge in [0.1, 0.15) is 0 Å². The van der Waals surface area contributed by atoms with Crippen LogP contribution >= 0.6 is 34.9 Å². The van der Waals surface area contributed by atoms with Crippen LogP contribution in [0.3, 0.4) is 0 Å². The Morgan fingerprint density at radius 1 is 1.18 bits per heavy atom. The first-order chi connectivity index (χ1) is 13.3. The van der Waals surface area contributed by atoms with Gasteiger partial charge in [0.2, 0.25) is 17.0 Å². The fourth-order valence-electron chi connectivity index (χ4n) is 2.56. The first-order valence-corrected chi connectivity index (χ1v) is 11.3. The van der Waals surface area contributed by atoms with E-state index in [0.717, 1.165) is 26.9 Å². The van der Waals surface area contributed by atoms with E-state index >= 15 is 0 Å². The largest absolute Gasteiger partial charge is 0.369 e. The van der Waals surface area contributed by atoms with E-state index in [1.54, 1.807) is 4.52 Å². The van der Waals surface area contributed by atoms with Crippen LogP contribution < -0.4 is 11.1 Å². The number of hydrogen-bond donors (Lipinski definition) is 2. The number of primary amides is 1. The van der Waals surface area contributed by atoms with Gasteiger partial charge in [-0.3, -0.25) is 9.59 Å². The van der Waals surface area contributed by atoms with Crippen LogP contribution in [0.15, 0.2) is 9.37 Å². The minimum Gasteiger partial charge on any atom is -0.369 e. The predicted octanol–water partition coefficient (Wildman–Crippen LogP) is 1.99. The molecule has 148 valence electrons. The number of hydrogen-bond acceptors (Lipinski definition) is 9. The van der Waals surface area contributed by atoms with Crippen LogP contribution in [0.4, 0.5) is 5.13 Å². The van der Waals surface area contributed by atoms with E-state index in [9.17, 15) is 9.59 Å². The van der Waals surface area contributed by atoms with Crippen LogP contribution in [0.1, 0.15) is 22.6 Å². The Bertz CT molecular complexity index is 1060. The molecule has 0 aliphatic heterocycles. The smallest absolute Gasteiger partial charge is 0.253 e. The maximum atomic E-state index is 12.6. The summed E-state index contributed by atoms with van der Waals surface area (Å²) in [6.07, 6.45) is 2.05. The Kier molecular flexibility index (Phi) is 6.20. The van der Waals surface area contributed by atoms with Gasteiger partial charge in [-0.05, 0) is 27.0 Å². The van der Waals surface area contributed by atoms with Gasteiger partial charge in [-0.25, -0.2) is 14.5 Å². The molecule has 12 heteroatoms. The van der Waals surface area contributed by atoms with Crippen LogP contribution in [0.5, 0.6) is 0 Å². The second-order valence-electron chi connectivity index (χ2n) is 5.94. The number of anilines is 1. The zero-order chi connectivity index (χ0) is 20.4. The molecule has 0 saturated heterocycles. The molecule has 3 rings (SSSR count). The second kappa shape index (κ2) is 8.45. The second-order valence-corrected chi connectivity index (χ2v) is 8.96. The lowest BCUT2D eigenvalue weighted by Gasteiger charge is -2.09. The van der Waals surface area contributed by atoms with Gasteiger partial charge >= 0.3 is 0 Å². The molecule has 0 radical (unpaired) electrons. The van der Waals surface area contributed by atoms with Gasteiger partial charge < -0.3 is 11.1 Å². The molecular weight excluding hydrogens is 418 g/mol. The van der Waals surface area contributed by atoms with E-state index in [0.29, 0.717) is 16.1 Å². The summed E-state index contributed by atoms with van der Waals surface area (Å²) in [7, 11) is 0. The first-order valence-electron chi connectivity index (χ1n) is 8.23. The standard InChI is InChI=1S/C16H19N7O2S3/c1-7-10(9(3)23-14(18-7)21-16(22-23)26-4)5-12(25)20-15-19-8(2)13(28-15)27-6-11(17)24/h5-6H2,1-4H3,(H2,17,24)(H,19,20,25). The topological polar surface area (TPSA) is 128 Å². The third-order valence-electron chi connectivity index (χ3n) is 3.90. The number of rotatable bonds is 7. The highest BCUT2D eigenvalue weighted by molar-refractivity contribution is 8.01. The normalized spacial score (nSPS) is 11.1. The molecule has 0 saturated carbocycles. The molecule has 0 fully saturated rings. The quantitative estimate of drug-likeness (QED) is 0.537. The molecule has 0 unspecified atom stereocenters. The zero-order valence-corrected chi connectivity index (χ0v) is 18.2. The van der Waals surface area contributed by atoms with Crippen LogP contribution in [-0.4, -0.2) is 48.4 Å². The first kappa shape index (κ1) is 20.6. The number of carbonyl (C=O) groups excluding carboxylic acids is 2. The third-order valence-corrected chi connectivity index (χ3v) is 6.89. The maximum Gasteiger partial charge on any atom is 0.253 e. The molecule has 28 heavy (non-hydrogen) atoms. The van der Waals surface area contributed by atoms with Crippen molar-refractivity contribution in [3.05, 3.63) is 22.6 Å². The summed E-state index contributed by atoms with van der Waals surface area (Å²) in [5.41, 5.74) is 8.32. The van der Waals surface area contributed by atoms with E-state index in [1.807, 2.05) is 27.0 Å². The zero-order valence-electron chi connectivity index (χ0n) is 15.8. The van der Waals surface area contributed by atoms with Crippen molar-refractivity contribution >= 4 is 57.6 Å². The van der Waals surface area contributed by atoms with Gasteiger partial charge in [-0.1, -0.05) is 23.1 Å². The number of nitrogens with one attached hydrogen (secondary N) is 1. The highest BCUT2D eigenvalue weighted by Crippen LogP contribution is 2.32. The maximum absolute atomic E-state index is 12.6. The van der Waals surface area contributed by atoms with E-state index < -0.39 is 5.91 Å². The number of carbonyl (C=O) groups is 2. The predicted molar refractivity (Wildman–Crippen MR) is 111 cm³/mol. The Balaban J connectivity index is 1.76. The third kappa shape index (κ3) is 4.45. The number of fused-ring (bicyclic) bond motifs is 1. The van der Waals surface area contributed by atoms with Crippen molar-refractivity contribution in [1.29, 1.82) is 0 Å². The number of thioether (sulfide) groups is 2. The molecule has 3 aromatic heterocycles. The summed E-state index contributed by atoms with van der Waals surface area (Å²) in [5.74, 6) is 0.110. The number of nitrogens with zero attached hydrogens (tertiary/aromatic N) is 5.